The molecule has 0 unspecified atom stereocenters. The van der Waals surface area contributed by atoms with Crippen LogP contribution in [-0.4, -0.2) is 61.4 Å². The molecule has 7 nitrogen and oxygen atoms in total. The lowest BCUT2D eigenvalue weighted by Gasteiger charge is -2.32. The molecule has 1 saturated carbocycles. The number of benzene rings is 1. The van der Waals surface area contributed by atoms with Gasteiger partial charge >= 0.3 is 0 Å². The Hall–Kier alpha value is -2.42. The second-order valence-corrected chi connectivity index (χ2v) is 9.74. The van der Waals surface area contributed by atoms with E-state index in [0.29, 0.717) is 27.9 Å². The van der Waals surface area contributed by atoms with E-state index in [0.717, 1.165) is 31.5 Å². The number of amides is 3. The Morgan fingerprint density at radius 2 is 1.68 bits per heavy atom. The Balaban J connectivity index is 1.36. The van der Waals surface area contributed by atoms with Gasteiger partial charge in [0.2, 0.25) is 5.91 Å². The fourth-order valence-corrected chi connectivity index (χ4v) is 5.04. The van der Waals surface area contributed by atoms with E-state index in [1.807, 2.05) is 24.1 Å². The molecular weight excluding hydrogens is 436 g/mol. The molecule has 9 heteroatoms. The van der Waals surface area contributed by atoms with E-state index in [2.05, 4.69) is 10.6 Å². The fraction of sp³-hybridized carbons (Fsp3) is 0.409. The van der Waals surface area contributed by atoms with Crippen LogP contribution in [0.1, 0.15) is 39.3 Å². The molecule has 4 rings (SSSR count). The molecule has 0 radical (unpaired) electrons. The Labute approximate surface area is 190 Å². The molecule has 2 atom stereocenters. The van der Waals surface area contributed by atoms with Crippen LogP contribution in [0.25, 0.3) is 0 Å². The van der Waals surface area contributed by atoms with Crippen LogP contribution in [0.15, 0.2) is 36.4 Å². The summed E-state index contributed by atoms with van der Waals surface area (Å²) in [4.78, 5) is 41.8. The summed E-state index contributed by atoms with van der Waals surface area (Å²) in [6, 6.07) is 10.3. The maximum absolute atomic E-state index is 12.8. The first-order chi connectivity index (χ1) is 14.9. The molecule has 0 bridgehead atoms. The number of carbonyl (C=O) groups excluding carboxylic acids is 3. The van der Waals surface area contributed by atoms with Crippen LogP contribution >= 0.6 is 22.9 Å². The lowest BCUT2D eigenvalue weighted by Crippen LogP contribution is -2.49. The minimum Gasteiger partial charge on any atom is -0.347 e. The minimum absolute atomic E-state index is 0.0579. The molecule has 1 aromatic carbocycles. The summed E-state index contributed by atoms with van der Waals surface area (Å²) in [6.45, 7) is 1.86. The molecule has 1 aromatic heterocycles. The maximum atomic E-state index is 12.8. The molecule has 0 spiro atoms. The van der Waals surface area contributed by atoms with Gasteiger partial charge in [-0.15, -0.1) is 11.3 Å². The molecule has 31 heavy (non-hydrogen) atoms. The first-order valence-corrected chi connectivity index (χ1v) is 11.6. The van der Waals surface area contributed by atoms with Crippen molar-refractivity contribution in [3.63, 3.8) is 0 Å². The second kappa shape index (κ2) is 9.38. The van der Waals surface area contributed by atoms with Gasteiger partial charge in [-0.1, -0.05) is 11.6 Å². The van der Waals surface area contributed by atoms with E-state index in [1.54, 1.807) is 29.2 Å². The Morgan fingerprint density at radius 3 is 2.29 bits per heavy atom. The molecule has 1 saturated heterocycles. The number of piperazine rings is 1. The molecular formula is C22H25ClN4O3S. The maximum Gasteiger partial charge on any atom is 0.261 e. The largest absolute Gasteiger partial charge is 0.347 e. The molecule has 2 N–H and O–H groups in total. The summed E-state index contributed by atoms with van der Waals surface area (Å²) in [7, 11) is 1.93. The molecule has 2 heterocycles. The van der Waals surface area contributed by atoms with Crippen LogP contribution in [0.3, 0.4) is 0 Å². The van der Waals surface area contributed by atoms with Crippen LogP contribution in [0.4, 0.5) is 5.69 Å². The van der Waals surface area contributed by atoms with Crippen molar-refractivity contribution in [3.8, 4) is 0 Å². The van der Waals surface area contributed by atoms with Gasteiger partial charge < -0.3 is 15.5 Å². The molecule has 2 fully saturated rings. The van der Waals surface area contributed by atoms with Gasteiger partial charge in [-0.05, 0) is 62.7 Å². The van der Waals surface area contributed by atoms with Crippen molar-refractivity contribution in [2.75, 3.05) is 31.6 Å². The number of halogens is 1. The first-order valence-electron chi connectivity index (χ1n) is 10.4. The van der Waals surface area contributed by atoms with E-state index in [4.69, 9.17) is 11.6 Å². The van der Waals surface area contributed by atoms with Crippen molar-refractivity contribution in [3.05, 3.63) is 51.2 Å². The molecule has 1 aliphatic carbocycles. The zero-order valence-corrected chi connectivity index (χ0v) is 18.8. The third-order valence-electron chi connectivity index (χ3n) is 5.80. The molecule has 2 aliphatic rings. The van der Waals surface area contributed by atoms with Crippen LogP contribution in [-0.2, 0) is 4.79 Å². The summed E-state index contributed by atoms with van der Waals surface area (Å²) in [5.74, 6) is -0.284. The average Bonchev–Trinajstić information content (AvgIpc) is 3.37. The highest BCUT2D eigenvalue weighted by atomic mass is 35.5. The summed E-state index contributed by atoms with van der Waals surface area (Å²) < 4.78 is 0.572. The number of nitrogens with zero attached hydrogens (tertiary/aromatic N) is 2. The highest BCUT2D eigenvalue weighted by molar-refractivity contribution is 7.18. The monoisotopic (exact) mass is 460 g/mol. The Bertz CT molecular complexity index is 977. The van der Waals surface area contributed by atoms with Crippen LogP contribution in [0.2, 0.25) is 4.34 Å². The van der Waals surface area contributed by atoms with E-state index < -0.39 is 0 Å². The summed E-state index contributed by atoms with van der Waals surface area (Å²) >= 11 is 7.16. The van der Waals surface area contributed by atoms with Crippen molar-refractivity contribution in [1.82, 2.24) is 15.5 Å². The Kier molecular flexibility index (Phi) is 6.60. The van der Waals surface area contributed by atoms with E-state index in [1.165, 1.54) is 11.3 Å². The SMILES string of the molecule is CN1CCN(c2ccc(C(=O)N[C@H]3CCC[C@H]3NC(=O)c3ccc(Cl)s3)cc2)C(=O)C1. The van der Waals surface area contributed by atoms with Crippen molar-refractivity contribution >= 4 is 46.3 Å². The third kappa shape index (κ3) is 5.08. The zero-order chi connectivity index (χ0) is 22.0. The van der Waals surface area contributed by atoms with Crippen molar-refractivity contribution in [1.29, 1.82) is 0 Å². The van der Waals surface area contributed by atoms with E-state index >= 15 is 0 Å². The van der Waals surface area contributed by atoms with Crippen molar-refractivity contribution in [2.45, 2.75) is 31.3 Å². The van der Waals surface area contributed by atoms with Gasteiger partial charge in [0, 0.05) is 36.4 Å². The normalized spacial score (nSPS) is 21.9. The summed E-state index contributed by atoms with van der Waals surface area (Å²) in [5, 5.41) is 6.08. The predicted molar refractivity (Wildman–Crippen MR) is 122 cm³/mol. The van der Waals surface area contributed by atoms with Gasteiger partial charge in [-0.25, -0.2) is 0 Å². The number of thiophene rings is 1. The molecule has 3 amide bonds. The Morgan fingerprint density at radius 1 is 1.00 bits per heavy atom. The predicted octanol–water partition coefficient (Wildman–Crippen LogP) is 2.76. The van der Waals surface area contributed by atoms with Crippen molar-refractivity contribution < 1.29 is 14.4 Å². The smallest absolute Gasteiger partial charge is 0.261 e. The highest BCUT2D eigenvalue weighted by Gasteiger charge is 2.31. The number of nitrogens with one attached hydrogen (secondary N) is 2. The lowest BCUT2D eigenvalue weighted by atomic mass is 10.1. The van der Waals surface area contributed by atoms with Gasteiger partial charge in [0.05, 0.1) is 15.8 Å². The van der Waals surface area contributed by atoms with Crippen molar-refractivity contribution in [2.24, 2.45) is 0 Å². The summed E-state index contributed by atoms with van der Waals surface area (Å²) in [6.07, 6.45) is 2.57. The first kappa shape index (κ1) is 21.8. The zero-order valence-electron chi connectivity index (χ0n) is 17.3. The topological polar surface area (TPSA) is 81.8 Å². The van der Waals surface area contributed by atoms with Gasteiger partial charge in [-0.2, -0.15) is 0 Å². The number of hydrogen-bond donors (Lipinski definition) is 2. The van der Waals surface area contributed by atoms with Crippen LogP contribution in [0.5, 0.6) is 0 Å². The number of carbonyl (C=O) groups is 3. The van der Waals surface area contributed by atoms with E-state index in [9.17, 15) is 14.4 Å². The van der Waals surface area contributed by atoms with Gasteiger partial charge in [0.15, 0.2) is 0 Å². The fourth-order valence-electron chi connectivity index (χ4n) is 4.09. The average molecular weight is 461 g/mol. The minimum atomic E-state index is -0.179. The molecule has 164 valence electrons. The number of rotatable bonds is 5. The van der Waals surface area contributed by atoms with Gasteiger partial charge in [0.25, 0.3) is 11.8 Å². The number of likely N-dealkylation sites (N-methyl/N-ethyl adjacent to an activating group) is 1. The standard InChI is InChI=1S/C22H25ClN4O3S/c1-26-11-12-27(20(28)13-26)15-7-5-14(6-8-15)21(29)24-16-3-2-4-17(16)25-22(30)18-9-10-19(23)31-18/h5-10,16-17H,2-4,11-13H2,1H3,(H,24,29)(H,25,30)/t16-,17+/m0/s1. The quantitative estimate of drug-likeness (QED) is 0.718. The van der Waals surface area contributed by atoms with Gasteiger partial charge in [-0.3, -0.25) is 19.3 Å². The van der Waals surface area contributed by atoms with E-state index in [-0.39, 0.29) is 29.8 Å². The second-order valence-electron chi connectivity index (χ2n) is 8.02. The molecule has 1 aliphatic heterocycles. The number of hydrogen-bond acceptors (Lipinski definition) is 5. The summed E-state index contributed by atoms with van der Waals surface area (Å²) in [5.41, 5.74) is 1.34. The molecule has 2 aromatic rings. The number of anilines is 1. The van der Waals surface area contributed by atoms with Crippen LogP contribution in [0, 0.1) is 0 Å². The van der Waals surface area contributed by atoms with Gasteiger partial charge in [0.1, 0.15) is 0 Å². The van der Waals surface area contributed by atoms with Crippen LogP contribution < -0.4 is 15.5 Å². The highest BCUT2D eigenvalue weighted by Crippen LogP contribution is 2.24. The third-order valence-corrected chi connectivity index (χ3v) is 7.03. The lowest BCUT2D eigenvalue weighted by molar-refractivity contribution is -0.120.